The lowest BCUT2D eigenvalue weighted by Crippen LogP contribution is -2.32. The van der Waals surface area contributed by atoms with Gasteiger partial charge < -0.3 is 14.2 Å². The summed E-state index contributed by atoms with van der Waals surface area (Å²) in [7, 11) is 0. The van der Waals surface area contributed by atoms with Crippen molar-refractivity contribution in [1.29, 1.82) is 0 Å². The molecule has 0 bridgehead atoms. The quantitative estimate of drug-likeness (QED) is 0.166. The Hall–Kier alpha value is -7.79. The van der Waals surface area contributed by atoms with Crippen molar-refractivity contribution in [3.8, 4) is 11.1 Å². The van der Waals surface area contributed by atoms with E-state index in [1.54, 1.807) is 0 Å². The van der Waals surface area contributed by atoms with Crippen LogP contribution in [0.25, 0.3) is 43.8 Å². The average Bonchev–Trinajstić information content (AvgIpc) is 3.86. The van der Waals surface area contributed by atoms with Crippen molar-refractivity contribution in [2.45, 2.75) is 15.2 Å². The van der Waals surface area contributed by atoms with Gasteiger partial charge in [-0.3, -0.25) is 0 Å². The molecule has 2 heterocycles. The highest BCUT2D eigenvalue weighted by molar-refractivity contribution is 7.99. The van der Waals surface area contributed by atoms with Crippen LogP contribution in [0.15, 0.2) is 245 Å². The van der Waals surface area contributed by atoms with Crippen LogP contribution in [0.1, 0.15) is 22.3 Å². The highest BCUT2D eigenvalue weighted by Crippen LogP contribution is 2.63. The van der Waals surface area contributed by atoms with Gasteiger partial charge in [-0.25, -0.2) is 0 Å². The minimum absolute atomic E-state index is 0.468. The number of nitrogens with zero attached hydrogens (tertiary/aromatic N) is 2. The summed E-state index contributed by atoms with van der Waals surface area (Å²) in [6, 6.07) is 83.9. The fourth-order valence-corrected chi connectivity index (χ4v) is 11.7. The minimum atomic E-state index is -0.468. The van der Waals surface area contributed by atoms with Gasteiger partial charge in [-0.15, -0.1) is 0 Å². The van der Waals surface area contributed by atoms with E-state index in [2.05, 4.69) is 240 Å². The first-order valence-corrected chi connectivity index (χ1v) is 22.3. The summed E-state index contributed by atoms with van der Waals surface area (Å²) >= 11 is 1.87. The third-order valence-corrected chi connectivity index (χ3v) is 14.2. The first-order valence-electron chi connectivity index (χ1n) is 21.5. The SMILES string of the molecule is c1ccc(N(c2ccccc2)c2ccccc2N(c2ccc3c(c2)Sc2ccccc2C32c3ccccc3-c3ccccc32)c2cccc3c2oc2cc4ccccc4cc23)cc1. The molecular weight excluding hydrogens is 785 g/mol. The lowest BCUT2D eigenvalue weighted by atomic mass is 9.67. The average molecular weight is 823 g/mol. The van der Waals surface area contributed by atoms with E-state index in [4.69, 9.17) is 4.42 Å². The molecule has 0 saturated heterocycles. The Morgan fingerprint density at radius 1 is 0.349 bits per heavy atom. The predicted octanol–water partition coefficient (Wildman–Crippen LogP) is 16.5. The molecule has 1 spiro atoms. The molecule has 296 valence electrons. The molecule has 11 aromatic rings. The summed E-state index contributed by atoms with van der Waals surface area (Å²) in [6.07, 6.45) is 0. The van der Waals surface area contributed by atoms with E-state index in [1.165, 1.54) is 48.6 Å². The molecular formula is C59H38N2OS. The first-order chi connectivity index (χ1) is 31.3. The Balaban J connectivity index is 1.09. The van der Waals surface area contributed by atoms with Crippen LogP contribution in [0.5, 0.6) is 0 Å². The van der Waals surface area contributed by atoms with E-state index in [-0.39, 0.29) is 0 Å². The third-order valence-electron chi connectivity index (χ3n) is 13.1. The number of hydrogen-bond acceptors (Lipinski definition) is 4. The van der Waals surface area contributed by atoms with Gasteiger partial charge >= 0.3 is 0 Å². The van der Waals surface area contributed by atoms with Crippen LogP contribution in [0.4, 0.5) is 34.1 Å². The van der Waals surface area contributed by atoms with Gasteiger partial charge in [-0.1, -0.05) is 169 Å². The Morgan fingerprint density at radius 2 is 0.889 bits per heavy atom. The monoisotopic (exact) mass is 822 g/mol. The number of hydrogen-bond donors (Lipinski definition) is 0. The zero-order valence-corrected chi connectivity index (χ0v) is 35.0. The Morgan fingerprint density at radius 3 is 1.59 bits per heavy atom. The Bertz CT molecular complexity index is 3490. The van der Waals surface area contributed by atoms with Gasteiger partial charge in [0.1, 0.15) is 5.58 Å². The van der Waals surface area contributed by atoms with Crippen molar-refractivity contribution >= 4 is 78.6 Å². The van der Waals surface area contributed by atoms with Crippen LogP contribution < -0.4 is 9.80 Å². The summed E-state index contributed by atoms with van der Waals surface area (Å²) in [5.74, 6) is 0. The van der Waals surface area contributed by atoms with E-state index in [0.717, 1.165) is 61.4 Å². The summed E-state index contributed by atoms with van der Waals surface area (Å²) in [4.78, 5) is 7.28. The van der Waals surface area contributed by atoms with Crippen LogP contribution in [-0.4, -0.2) is 0 Å². The molecule has 0 radical (unpaired) electrons. The fourth-order valence-electron chi connectivity index (χ4n) is 10.5. The standard InChI is InChI=1S/C59H38N2OS/c1-3-20-41(21-4-1)60(42-22-5-2-6-23-42)52-30-14-15-31-53(52)61(54-32-17-26-46-47-36-39-18-7-8-19-40(39)37-55(47)62-58(46)54)43-34-35-51-57(38-43)63-56-33-16-13-29-50(56)59(51)48-27-11-9-24-44(48)45-25-10-12-28-49(45)59/h1-38H. The van der Waals surface area contributed by atoms with Gasteiger partial charge in [-0.05, 0) is 117 Å². The van der Waals surface area contributed by atoms with Crippen LogP contribution in [0.2, 0.25) is 0 Å². The van der Waals surface area contributed by atoms with Crippen LogP contribution >= 0.6 is 11.8 Å². The van der Waals surface area contributed by atoms with E-state index < -0.39 is 5.41 Å². The smallest absolute Gasteiger partial charge is 0.159 e. The molecule has 13 rings (SSSR count). The van der Waals surface area contributed by atoms with E-state index >= 15 is 0 Å². The summed E-state index contributed by atoms with van der Waals surface area (Å²) in [5.41, 5.74) is 15.3. The molecule has 0 saturated carbocycles. The van der Waals surface area contributed by atoms with Crippen LogP contribution in [0, 0.1) is 0 Å². The number of para-hydroxylation sites is 5. The maximum absolute atomic E-state index is 7.04. The van der Waals surface area contributed by atoms with Gasteiger partial charge in [0.15, 0.2) is 5.58 Å². The normalized spacial score (nSPS) is 13.1. The molecule has 1 aromatic heterocycles. The van der Waals surface area contributed by atoms with Crippen molar-refractivity contribution in [2.24, 2.45) is 0 Å². The number of rotatable bonds is 6. The second-order valence-corrected chi connectivity index (χ2v) is 17.5. The Kier molecular flexibility index (Phi) is 8.06. The molecule has 0 fully saturated rings. The summed E-state index contributed by atoms with van der Waals surface area (Å²) < 4.78 is 7.04. The maximum Gasteiger partial charge on any atom is 0.159 e. The van der Waals surface area contributed by atoms with Crippen molar-refractivity contribution in [3.63, 3.8) is 0 Å². The molecule has 3 nitrogen and oxygen atoms in total. The minimum Gasteiger partial charge on any atom is -0.454 e. The molecule has 63 heavy (non-hydrogen) atoms. The van der Waals surface area contributed by atoms with Crippen molar-refractivity contribution in [1.82, 2.24) is 0 Å². The summed E-state index contributed by atoms with van der Waals surface area (Å²) in [5, 5.41) is 4.54. The molecule has 0 N–H and O–H groups in total. The molecule has 0 atom stereocenters. The van der Waals surface area contributed by atoms with Gasteiger partial charge in [0.05, 0.1) is 22.5 Å². The first kappa shape index (κ1) is 35.9. The zero-order valence-electron chi connectivity index (χ0n) is 34.2. The molecule has 4 heteroatoms. The van der Waals surface area contributed by atoms with Gasteiger partial charge in [0.25, 0.3) is 0 Å². The van der Waals surface area contributed by atoms with Crippen LogP contribution in [-0.2, 0) is 5.41 Å². The third kappa shape index (κ3) is 5.35. The lowest BCUT2D eigenvalue weighted by molar-refractivity contribution is 0.669. The van der Waals surface area contributed by atoms with Gasteiger partial charge in [0, 0.05) is 37.6 Å². The molecule has 0 unspecified atom stereocenters. The number of fused-ring (bicyclic) bond motifs is 13. The highest BCUT2D eigenvalue weighted by Gasteiger charge is 2.50. The van der Waals surface area contributed by atoms with E-state index in [0.29, 0.717) is 0 Å². The lowest BCUT2D eigenvalue weighted by Gasteiger charge is -2.40. The van der Waals surface area contributed by atoms with Crippen molar-refractivity contribution < 1.29 is 4.42 Å². The zero-order chi connectivity index (χ0) is 41.5. The molecule has 2 aliphatic rings. The molecule has 1 aliphatic heterocycles. The number of furan rings is 1. The van der Waals surface area contributed by atoms with Gasteiger partial charge in [-0.2, -0.15) is 0 Å². The molecule has 0 amide bonds. The second-order valence-electron chi connectivity index (χ2n) is 16.4. The molecule has 10 aromatic carbocycles. The number of benzene rings is 10. The maximum atomic E-state index is 7.04. The second kappa shape index (κ2) is 14.1. The Labute approximate surface area is 370 Å². The van der Waals surface area contributed by atoms with Crippen molar-refractivity contribution in [3.05, 3.63) is 253 Å². The largest absolute Gasteiger partial charge is 0.454 e. The van der Waals surface area contributed by atoms with Gasteiger partial charge in [0.2, 0.25) is 0 Å². The summed E-state index contributed by atoms with van der Waals surface area (Å²) in [6.45, 7) is 0. The van der Waals surface area contributed by atoms with Crippen molar-refractivity contribution in [2.75, 3.05) is 9.80 Å². The predicted molar refractivity (Wildman–Crippen MR) is 262 cm³/mol. The molecule has 1 aliphatic carbocycles. The number of anilines is 6. The van der Waals surface area contributed by atoms with E-state index in [9.17, 15) is 0 Å². The van der Waals surface area contributed by atoms with Crippen LogP contribution in [0.3, 0.4) is 0 Å². The highest BCUT2D eigenvalue weighted by atomic mass is 32.2. The van der Waals surface area contributed by atoms with E-state index in [1.807, 2.05) is 11.8 Å². The fraction of sp³-hybridized carbons (Fsp3) is 0.0169. The topological polar surface area (TPSA) is 19.6 Å².